The Morgan fingerprint density at radius 3 is 2.43 bits per heavy atom. The number of amides is 2. The third kappa shape index (κ3) is 4.66. The van der Waals surface area contributed by atoms with E-state index in [4.69, 9.17) is 5.11 Å². The molecule has 6 heteroatoms. The zero-order valence-corrected chi connectivity index (χ0v) is 8.61. The minimum atomic E-state index is -1.13. The average molecular weight is 204 g/mol. The largest absolute Gasteiger partial charge is 0.479 e. The van der Waals surface area contributed by atoms with Crippen LogP contribution in [0.5, 0.6) is 0 Å². The highest BCUT2D eigenvalue weighted by Crippen LogP contribution is 1.97. The molecule has 0 aliphatic carbocycles. The lowest BCUT2D eigenvalue weighted by Crippen LogP contribution is -2.44. The molecule has 0 saturated carbocycles. The summed E-state index contributed by atoms with van der Waals surface area (Å²) < 4.78 is 0. The van der Waals surface area contributed by atoms with Crippen LogP contribution < -0.4 is 5.48 Å². The first kappa shape index (κ1) is 12.7. The first-order chi connectivity index (χ1) is 6.49. The minimum Gasteiger partial charge on any atom is -0.479 e. The molecule has 14 heavy (non-hydrogen) atoms. The van der Waals surface area contributed by atoms with Crippen molar-refractivity contribution in [3.05, 3.63) is 0 Å². The van der Waals surface area contributed by atoms with E-state index in [0.717, 1.165) is 0 Å². The normalized spacial score (nSPS) is 10.0. The van der Waals surface area contributed by atoms with E-state index in [-0.39, 0.29) is 6.04 Å². The Labute approximate surface area is 82.8 Å². The quantitative estimate of drug-likeness (QED) is 0.637. The number of nitrogens with zero attached hydrogens (tertiary/aromatic N) is 1. The standard InChI is InChI=1S/C8H16N2O4/c1-4-10(6(2)3)8(13)9-14-5-7(11)12/h6H,4-5H2,1-3H3,(H,9,13)(H,11,12). The summed E-state index contributed by atoms with van der Waals surface area (Å²) in [5, 5.41) is 8.24. The van der Waals surface area contributed by atoms with Crippen molar-refractivity contribution in [2.45, 2.75) is 26.8 Å². The Kier molecular flexibility index (Phi) is 5.62. The van der Waals surface area contributed by atoms with Gasteiger partial charge in [0.25, 0.3) is 0 Å². The van der Waals surface area contributed by atoms with Gasteiger partial charge in [0.2, 0.25) is 0 Å². The maximum atomic E-state index is 11.3. The Morgan fingerprint density at radius 1 is 1.50 bits per heavy atom. The van der Waals surface area contributed by atoms with Crippen molar-refractivity contribution in [2.24, 2.45) is 0 Å². The number of hydroxylamine groups is 1. The zero-order valence-electron chi connectivity index (χ0n) is 8.61. The molecular formula is C8H16N2O4. The van der Waals surface area contributed by atoms with Crippen LogP contribution in [0.1, 0.15) is 20.8 Å². The number of nitrogens with one attached hydrogen (secondary N) is 1. The van der Waals surface area contributed by atoms with Crippen LogP contribution in [0.3, 0.4) is 0 Å². The summed E-state index contributed by atoms with van der Waals surface area (Å²) >= 11 is 0. The molecule has 0 fully saturated rings. The number of hydrogen-bond acceptors (Lipinski definition) is 3. The number of aliphatic carboxylic acids is 1. The molecule has 0 aromatic rings. The van der Waals surface area contributed by atoms with Crippen LogP contribution in [0.2, 0.25) is 0 Å². The van der Waals surface area contributed by atoms with Gasteiger partial charge in [0.15, 0.2) is 6.61 Å². The van der Waals surface area contributed by atoms with E-state index in [0.29, 0.717) is 6.54 Å². The Balaban J connectivity index is 3.87. The van der Waals surface area contributed by atoms with Crippen LogP contribution in [-0.2, 0) is 9.63 Å². The summed E-state index contributed by atoms with van der Waals surface area (Å²) in [7, 11) is 0. The monoisotopic (exact) mass is 204 g/mol. The van der Waals surface area contributed by atoms with Crippen molar-refractivity contribution in [2.75, 3.05) is 13.2 Å². The highest BCUT2D eigenvalue weighted by molar-refractivity contribution is 5.74. The fraction of sp³-hybridized carbons (Fsp3) is 0.750. The van der Waals surface area contributed by atoms with Crippen LogP contribution >= 0.6 is 0 Å². The molecule has 6 nitrogen and oxygen atoms in total. The van der Waals surface area contributed by atoms with Gasteiger partial charge in [-0.05, 0) is 20.8 Å². The van der Waals surface area contributed by atoms with Crippen molar-refractivity contribution < 1.29 is 19.5 Å². The second kappa shape index (κ2) is 6.20. The van der Waals surface area contributed by atoms with E-state index in [1.165, 1.54) is 4.90 Å². The van der Waals surface area contributed by atoms with Gasteiger partial charge in [-0.1, -0.05) is 0 Å². The van der Waals surface area contributed by atoms with Crippen LogP contribution in [0.25, 0.3) is 0 Å². The van der Waals surface area contributed by atoms with Gasteiger partial charge in [0.05, 0.1) is 0 Å². The summed E-state index contributed by atoms with van der Waals surface area (Å²) in [6.45, 7) is 5.55. The summed E-state index contributed by atoms with van der Waals surface area (Å²) in [6, 6.07) is -0.378. The molecule has 0 aliphatic heterocycles. The van der Waals surface area contributed by atoms with Gasteiger partial charge in [-0.25, -0.2) is 15.1 Å². The van der Waals surface area contributed by atoms with Gasteiger partial charge in [0, 0.05) is 12.6 Å². The maximum absolute atomic E-state index is 11.3. The molecule has 0 atom stereocenters. The summed E-state index contributed by atoms with van der Waals surface area (Å²) in [5.74, 6) is -1.13. The summed E-state index contributed by atoms with van der Waals surface area (Å²) in [5.41, 5.74) is 2.05. The molecule has 0 heterocycles. The first-order valence-electron chi connectivity index (χ1n) is 4.39. The first-order valence-corrected chi connectivity index (χ1v) is 4.39. The number of urea groups is 1. The number of carboxylic acid groups (broad SMARTS) is 1. The lowest BCUT2D eigenvalue weighted by Gasteiger charge is -2.24. The van der Waals surface area contributed by atoms with Gasteiger partial charge in [-0.3, -0.25) is 4.84 Å². The molecule has 82 valence electrons. The second-order valence-corrected chi connectivity index (χ2v) is 2.97. The molecule has 0 saturated heterocycles. The van der Waals surface area contributed by atoms with Gasteiger partial charge in [-0.15, -0.1) is 0 Å². The van der Waals surface area contributed by atoms with Gasteiger partial charge in [-0.2, -0.15) is 0 Å². The minimum absolute atomic E-state index is 0.0495. The van der Waals surface area contributed by atoms with E-state index >= 15 is 0 Å². The molecular weight excluding hydrogens is 188 g/mol. The fourth-order valence-corrected chi connectivity index (χ4v) is 0.961. The number of hydrogen-bond donors (Lipinski definition) is 2. The van der Waals surface area contributed by atoms with Gasteiger partial charge >= 0.3 is 12.0 Å². The average Bonchev–Trinajstić information content (AvgIpc) is 2.03. The maximum Gasteiger partial charge on any atom is 0.341 e. The van der Waals surface area contributed by atoms with E-state index in [1.807, 2.05) is 20.8 Å². The van der Waals surface area contributed by atoms with Crippen LogP contribution in [0.15, 0.2) is 0 Å². The topological polar surface area (TPSA) is 78.9 Å². The van der Waals surface area contributed by atoms with Crippen LogP contribution in [0, 0.1) is 0 Å². The summed E-state index contributed by atoms with van der Waals surface area (Å²) in [4.78, 5) is 27.3. The number of rotatable bonds is 5. The van der Waals surface area contributed by atoms with E-state index in [1.54, 1.807) is 0 Å². The highest BCUT2D eigenvalue weighted by atomic mass is 16.7. The van der Waals surface area contributed by atoms with Crippen LogP contribution in [-0.4, -0.2) is 41.2 Å². The Hall–Kier alpha value is -1.30. The molecule has 0 aliphatic rings. The third-order valence-corrected chi connectivity index (χ3v) is 1.58. The van der Waals surface area contributed by atoms with Gasteiger partial charge < -0.3 is 10.0 Å². The molecule has 0 rings (SSSR count). The predicted octanol–water partition coefficient (Wildman–Crippen LogP) is 0.442. The van der Waals surface area contributed by atoms with Crippen molar-refractivity contribution in [3.8, 4) is 0 Å². The molecule has 0 radical (unpaired) electrons. The SMILES string of the molecule is CCN(C(=O)NOCC(=O)O)C(C)C. The van der Waals surface area contributed by atoms with Crippen molar-refractivity contribution in [1.29, 1.82) is 0 Å². The zero-order chi connectivity index (χ0) is 11.1. The van der Waals surface area contributed by atoms with E-state index in [2.05, 4.69) is 10.3 Å². The second-order valence-electron chi connectivity index (χ2n) is 2.97. The molecule has 2 amide bonds. The summed E-state index contributed by atoms with van der Waals surface area (Å²) in [6.07, 6.45) is 0. The molecule has 0 spiro atoms. The number of carboxylic acids is 1. The van der Waals surface area contributed by atoms with Crippen molar-refractivity contribution in [3.63, 3.8) is 0 Å². The predicted molar refractivity (Wildman–Crippen MR) is 49.6 cm³/mol. The van der Waals surface area contributed by atoms with Crippen molar-refractivity contribution >= 4 is 12.0 Å². The smallest absolute Gasteiger partial charge is 0.341 e. The molecule has 0 aromatic carbocycles. The Morgan fingerprint density at radius 2 is 2.07 bits per heavy atom. The van der Waals surface area contributed by atoms with Crippen LogP contribution in [0.4, 0.5) is 4.79 Å². The molecule has 0 bridgehead atoms. The lowest BCUT2D eigenvalue weighted by molar-refractivity contribution is -0.144. The molecule has 2 N–H and O–H groups in total. The third-order valence-electron chi connectivity index (χ3n) is 1.58. The fourth-order valence-electron chi connectivity index (χ4n) is 0.961. The van der Waals surface area contributed by atoms with Gasteiger partial charge in [0.1, 0.15) is 0 Å². The number of carbonyl (C=O) groups excluding carboxylic acids is 1. The highest BCUT2D eigenvalue weighted by Gasteiger charge is 2.14. The molecule has 0 aromatic heterocycles. The van der Waals surface area contributed by atoms with E-state index in [9.17, 15) is 9.59 Å². The number of carbonyl (C=O) groups is 2. The van der Waals surface area contributed by atoms with E-state index < -0.39 is 18.6 Å². The molecule has 0 unspecified atom stereocenters. The Bertz CT molecular complexity index is 206. The van der Waals surface area contributed by atoms with Crippen molar-refractivity contribution in [1.82, 2.24) is 10.4 Å². The lowest BCUT2D eigenvalue weighted by atomic mass is 10.3.